The van der Waals surface area contributed by atoms with Crippen molar-refractivity contribution in [2.24, 2.45) is 0 Å². The molecule has 0 saturated carbocycles. The van der Waals surface area contributed by atoms with E-state index in [1.54, 1.807) is 6.33 Å². The molecule has 0 unspecified atom stereocenters. The van der Waals surface area contributed by atoms with Gasteiger partial charge in [0.05, 0.1) is 17.6 Å². The first-order valence-electron chi connectivity index (χ1n) is 13.6. The van der Waals surface area contributed by atoms with E-state index in [4.69, 9.17) is 4.74 Å². The summed E-state index contributed by atoms with van der Waals surface area (Å²) in [6.45, 7) is 3.46. The van der Waals surface area contributed by atoms with E-state index in [1.165, 1.54) is 16.5 Å². The van der Waals surface area contributed by atoms with Gasteiger partial charge in [-0.15, -0.1) is 0 Å². The molecule has 2 aromatic heterocycles. The number of ether oxygens (including phenoxy) is 1. The minimum absolute atomic E-state index is 0.670. The van der Waals surface area contributed by atoms with E-state index < -0.39 is 0 Å². The molecule has 3 aromatic carbocycles. The molecule has 0 aliphatic rings. The molecule has 0 radical (unpaired) electrons. The molecule has 5 rings (SSSR count). The molecule has 0 fully saturated rings. The average Bonchev–Trinajstić information content (AvgIpc) is 2.97. The molecule has 0 amide bonds. The van der Waals surface area contributed by atoms with Crippen molar-refractivity contribution in [2.75, 3.05) is 31.6 Å². The van der Waals surface area contributed by atoms with Gasteiger partial charge in [0.2, 0.25) is 0 Å². The fourth-order valence-corrected chi connectivity index (χ4v) is 4.70. The van der Waals surface area contributed by atoms with Crippen LogP contribution in [0.4, 0.5) is 5.82 Å². The quantitative estimate of drug-likeness (QED) is 0.175. The van der Waals surface area contributed by atoms with Crippen LogP contribution in [0.5, 0.6) is 5.75 Å². The van der Waals surface area contributed by atoms with Gasteiger partial charge in [-0.1, -0.05) is 48.5 Å². The molecule has 0 saturated heterocycles. The largest absolute Gasteiger partial charge is 0.493 e. The zero-order valence-corrected chi connectivity index (χ0v) is 21.8. The van der Waals surface area contributed by atoms with Gasteiger partial charge in [0, 0.05) is 29.6 Å². The third-order valence-electron chi connectivity index (χ3n) is 6.69. The van der Waals surface area contributed by atoms with Gasteiger partial charge >= 0.3 is 0 Å². The van der Waals surface area contributed by atoms with Crippen LogP contribution in [0.25, 0.3) is 21.8 Å². The number of anilines is 1. The zero-order chi connectivity index (χ0) is 25.8. The number of fused-ring (bicyclic) bond motifs is 2. The molecular weight excluding hydrogens is 470 g/mol. The van der Waals surface area contributed by atoms with Gasteiger partial charge < -0.3 is 15.4 Å². The predicted octanol–water partition coefficient (Wildman–Crippen LogP) is 6.21. The average molecular weight is 506 g/mol. The summed E-state index contributed by atoms with van der Waals surface area (Å²) < 4.78 is 6.00. The summed E-state index contributed by atoms with van der Waals surface area (Å²) in [7, 11) is 0. The SMILES string of the molecule is c1ccc(CCCNc2ncnc3cc(OCCCNCCCc4ccnc5ccccc45)ccc23)cc1. The Morgan fingerprint density at radius 3 is 2.45 bits per heavy atom. The van der Waals surface area contributed by atoms with Crippen LogP contribution in [0.2, 0.25) is 0 Å². The maximum absolute atomic E-state index is 6.00. The van der Waals surface area contributed by atoms with E-state index in [1.807, 2.05) is 30.5 Å². The van der Waals surface area contributed by atoms with Crippen molar-refractivity contribution >= 4 is 27.6 Å². The first kappa shape index (κ1) is 25.6. The lowest BCUT2D eigenvalue weighted by molar-refractivity contribution is 0.308. The molecule has 38 heavy (non-hydrogen) atoms. The van der Waals surface area contributed by atoms with Gasteiger partial charge in [0.15, 0.2) is 0 Å². The summed E-state index contributed by atoms with van der Waals surface area (Å²) in [6.07, 6.45) is 8.72. The molecule has 5 aromatic rings. The van der Waals surface area contributed by atoms with Crippen molar-refractivity contribution in [1.29, 1.82) is 0 Å². The van der Waals surface area contributed by atoms with E-state index in [2.05, 4.69) is 80.2 Å². The summed E-state index contributed by atoms with van der Waals surface area (Å²) >= 11 is 0. The molecule has 0 aliphatic carbocycles. The van der Waals surface area contributed by atoms with E-state index in [-0.39, 0.29) is 0 Å². The minimum atomic E-state index is 0.670. The van der Waals surface area contributed by atoms with Gasteiger partial charge in [-0.05, 0) is 80.6 Å². The Hall–Kier alpha value is -4.03. The van der Waals surface area contributed by atoms with Crippen molar-refractivity contribution in [2.45, 2.75) is 32.1 Å². The molecule has 2 heterocycles. The maximum atomic E-state index is 6.00. The number of rotatable bonds is 14. The summed E-state index contributed by atoms with van der Waals surface area (Å²) in [6, 6.07) is 27.1. The highest BCUT2D eigenvalue weighted by Gasteiger charge is 2.06. The summed E-state index contributed by atoms with van der Waals surface area (Å²) in [5.74, 6) is 1.72. The number of benzene rings is 3. The molecule has 0 bridgehead atoms. The number of pyridine rings is 1. The zero-order valence-electron chi connectivity index (χ0n) is 21.8. The van der Waals surface area contributed by atoms with Crippen LogP contribution in [0, 0.1) is 0 Å². The first-order valence-corrected chi connectivity index (χ1v) is 13.6. The van der Waals surface area contributed by atoms with Crippen LogP contribution >= 0.6 is 0 Å². The Bertz CT molecular complexity index is 1440. The second-order valence-electron chi connectivity index (χ2n) is 9.46. The van der Waals surface area contributed by atoms with Gasteiger partial charge in [-0.3, -0.25) is 4.98 Å². The fraction of sp³-hybridized carbons (Fsp3) is 0.281. The van der Waals surface area contributed by atoms with Crippen LogP contribution in [0.3, 0.4) is 0 Å². The van der Waals surface area contributed by atoms with Gasteiger partial charge in [0.1, 0.15) is 17.9 Å². The lowest BCUT2D eigenvalue weighted by atomic mass is 10.0. The smallest absolute Gasteiger partial charge is 0.137 e. The van der Waals surface area contributed by atoms with Crippen LogP contribution in [-0.2, 0) is 12.8 Å². The number of hydrogen-bond acceptors (Lipinski definition) is 6. The number of nitrogens with one attached hydrogen (secondary N) is 2. The molecule has 194 valence electrons. The maximum Gasteiger partial charge on any atom is 0.137 e. The third-order valence-corrected chi connectivity index (χ3v) is 6.69. The van der Waals surface area contributed by atoms with Gasteiger partial charge in [-0.2, -0.15) is 0 Å². The Morgan fingerprint density at radius 2 is 1.50 bits per heavy atom. The number of aromatic nitrogens is 3. The number of nitrogens with zero attached hydrogens (tertiary/aromatic N) is 3. The Kier molecular flexibility index (Phi) is 9.10. The van der Waals surface area contributed by atoms with Crippen LogP contribution in [-0.4, -0.2) is 41.2 Å². The highest BCUT2D eigenvalue weighted by Crippen LogP contribution is 2.24. The van der Waals surface area contributed by atoms with Crippen molar-refractivity contribution < 1.29 is 4.74 Å². The van der Waals surface area contributed by atoms with E-state index in [0.717, 1.165) is 79.7 Å². The summed E-state index contributed by atoms with van der Waals surface area (Å²) in [4.78, 5) is 13.4. The third kappa shape index (κ3) is 7.05. The number of para-hydroxylation sites is 1. The second-order valence-corrected chi connectivity index (χ2v) is 9.46. The molecule has 0 aliphatic heterocycles. The van der Waals surface area contributed by atoms with Crippen LogP contribution < -0.4 is 15.4 Å². The van der Waals surface area contributed by atoms with Crippen molar-refractivity contribution in [3.8, 4) is 5.75 Å². The van der Waals surface area contributed by atoms with E-state index in [9.17, 15) is 0 Å². The van der Waals surface area contributed by atoms with Crippen molar-refractivity contribution in [1.82, 2.24) is 20.3 Å². The lowest BCUT2D eigenvalue weighted by Crippen LogP contribution is -2.19. The predicted molar refractivity (Wildman–Crippen MR) is 156 cm³/mol. The van der Waals surface area contributed by atoms with Crippen molar-refractivity contribution in [3.63, 3.8) is 0 Å². The molecule has 0 spiro atoms. The molecule has 6 nitrogen and oxygen atoms in total. The highest BCUT2D eigenvalue weighted by molar-refractivity contribution is 5.89. The molecule has 0 atom stereocenters. The van der Waals surface area contributed by atoms with E-state index >= 15 is 0 Å². The number of hydrogen-bond donors (Lipinski definition) is 2. The van der Waals surface area contributed by atoms with E-state index in [0.29, 0.717) is 6.61 Å². The molecule has 2 N–H and O–H groups in total. The standard InChI is InChI=1S/C32H35N5O/c1-2-9-25(10-3-1)11-6-20-35-32-29-16-15-27(23-31(29)36-24-37-32)38-22-8-19-33-18-7-12-26-17-21-34-30-14-5-4-13-28(26)30/h1-5,9-10,13-17,21,23-24,33H,6-8,11-12,18-20,22H2,(H,35,36,37). The van der Waals surface area contributed by atoms with Gasteiger partial charge in [0.25, 0.3) is 0 Å². The number of aryl methyl sites for hydroxylation is 2. The van der Waals surface area contributed by atoms with Crippen molar-refractivity contribution in [3.05, 3.63) is 103 Å². The van der Waals surface area contributed by atoms with Crippen LogP contribution in [0.15, 0.2) is 91.4 Å². The monoisotopic (exact) mass is 505 g/mol. The van der Waals surface area contributed by atoms with Crippen LogP contribution in [0.1, 0.15) is 30.4 Å². The normalized spacial score (nSPS) is 11.2. The lowest BCUT2D eigenvalue weighted by Gasteiger charge is -2.11. The first-order chi connectivity index (χ1) is 18.9. The van der Waals surface area contributed by atoms with Gasteiger partial charge in [-0.25, -0.2) is 9.97 Å². The molecule has 6 heteroatoms. The summed E-state index contributed by atoms with van der Waals surface area (Å²) in [5.41, 5.74) is 4.69. The Balaban J connectivity index is 1.00. The fourth-order valence-electron chi connectivity index (χ4n) is 4.70. The minimum Gasteiger partial charge on any atom is -0.493 e. The molecular formula is C32H35N5O. The Morgan fingerprint density at radius 1 is 0.658 bits per heavy atom. The highest BCUT2D eigenvalue weighted by atomic mass is 16.5. The second kappa shape index (κ2) is 13.5. The topological polar surface area (TPSA) is 72.0 Å². The summed E-state index contributed by atoms with van der Waals surface area (Å²) in [5, 5.41) is 9.28. The Labute approximate surface area is 224 Å².